The summed E-state index contributed by atoms with van der Waals surface area (Å²) in [5.41, 5.74) is 10.3. The molecule has 102 heavy (non-hydrogen) atoms. The number of thiazole rings is 4. The van der Waals surface area contributed by atoms with Crippen LogP contribution in [0.1, 0.15) is 121 Å². The molecule has 5 N–H and O–H groups in total. The molecule has 0 spiro atoms. The number of ether oxygens (including phenoxy) is 4. The van der Waals surface area contributed by atoms with E-state index in [-0.39, 0.29) is 39.8 Å². The van der Waals surface area contributed by atoms with Gasteiger partial charge in [0, 0.05) is 98.5 Å². The van der Waals surface area contributed by atoms with Gasteiger partial charge in [-0.05, 0) is 145 Å². The van der Waals surface area contributed by atoms with Crippen LogP contribution < -0.4 is 29.7 Å². The highest BCUT2D eigenvalue weighted by Gasteiger charge is 2.31. The summed E-state index contributed by atoms with van der Waals surface area (Å²) < 4.78 is 48.2. The van der Waals surface area contributed by atoms with E-state index in [0.717, 1.165) is 133 Å². The molecule has 0 radical (unpaired) electrons. The number of phenols is 2. The fraction of sp³-hybridized carbons (Fsp3) is 0.413. The smallest absolute Gasteiger partial charge is 0.305 e. The lowest BCUT2D eigenvalue weighted by molar-refractivity contribution is -0.140. The van der Waals surface area contributed by atoms with Crippen LogP contribution in [-0.4, -0.2) is 147 Å². The molecule has 3 atom stereocenters. The van der Waals surface area contributed by atoms with Gasteiger partial charge in [-0.1, -0.05) is 76.4 Å². The second-order valence-corrected chi connectivity index (χ2v) is 31.1. The minimum absolute atomic E-state index is 0.00189. The number of aryl methyl sites for hydroxylation is 2. The van der Waals surface area contributed by atoms with E-state index in [2.05, 4.69) is 72.0 Å². The average Bonchev–Trinajstić information content (AvgIpc) is 1.63. The molecule has 544 valence electrons. The van der Waals surface area contributed by atoms with Crippen molar-refractivity contribution in [3.8, 4) is 79.7 Å². The molecule has 6 aromatic heterocycles. The second-order valence-electron chi connectivity index (χ2n) is 25.3. The zero-order valence-electron chi connectivity index (χ0n) is 59.9. The Hall–Kier alpha value is -8.89. The Kier molecular flexibility index (Phi) is 28.3. The van der Waals surface area contributed by atoms with Gasteiger partial charge in [-0.3, -0.25) is 14.2 Å². The third-order valence-corrected chi connectivity index (χ3v) is 23.7. The maximum Gasteiger partial charge on any atom is 0.305 e. The van der Waals surface area contributed by atoms with E-state index < -0.39 is 15.6 Å². The third kappa shape index (κ3) is 20.7. The number of carbonyl (C=O) groups is 2. The molecule has 12 rings (SSSR count). The number of nitrogens with one attached hydrogen (secondary N) is 3. The van der Waals surface area contributed by atoms with Gasteiger partial charge in [0.15, 0.2) is 26.9 Å². The number of benzene rings is 4. The Morgan fingerprint density at radius 2 is 1.45 bits per heavy atom. The van der Waals surface area contributed by atoms with Crippen LogP contribution in [0.4, 0.5) is 15.4 Å². The quantitative estimate of drug-likeness (QED) is 0.0333. The number of phenolic OH excluding ortho intramolecular Hbond substituents is 2. The number of carbonyl (C=O) groups excluding carboxylic acids is 2. The summed E-state index contributed by atoms with van der Waals surface area (Å²) in [6, 6.07) is 30.5. The lowest BCUT2D eigenvalue weighted by atomic mass is 9.96. The largest absolute Gasteiger partial charge is 0.508 e. The highest BCUT2D eigenvalue weighted by Crippen LogP contribution is 2.38. The minimum atomic E-state index is -3.76. The first kappa shape index (κ1) is 77.3. The molecule has 10 aromatic rings. The van der Waals surface area contributed by atoms with E-state index in [0.29, 0.717) is 42.0 Å². The molecule has 2 fully saturated rings. The molecule has 4 aromatic carbocycles. The summed E-state index contributed by atoms with van der Waals surface area (Å²) in [4.78, 5) is 52.2. The zero-order chi connectivity index (χ0) is 72.9. The summed E-state index contributed by atoms with van der Waals surface area (Å²) in [5, 5.41) is 41.7. The minimum Gasteiger partial charge on any atom is -0.508 e. The lowest BCUT2D eigenvalue weighted by Gasteiger charge is -2.33. The van der Waals surface area contributed by atoms with Gasteiger partial charge in [-0.15, -0.1) is 45.3 Å². The summed E-state index contributed by atoms with van der Waals surface area (Å²) >= 11 is 5.92. The molecule has 1 amide bonds. The SMILES string of the molecule is CC1CCCN(c2nc(-c3ccc(O)cc3O)cs2)C1.CCC(C)N(C(=O)CS(=O)(=O)c1nc(-c2ccccc2)cs1)C(C)CC.COC(=O)CCc1sc(NC2CCCCC2)nc1-c1ccc(OC)cc1.COc1ccc(CCNc2nc(-c3cc(C)n(-c4ncn[nH]4)c3C)cs2)cc1OC. The molecular weight excluding hydrogens is 1390 g/mol. The van der Waals surface area contributed by atoms with Gasteiger partial charge in [0.05, 0.1) is 57.6 Å². The molecular formula is C75H94N12O10S5. The van der Waals surface area contributed by atoms with E-state index >= 15 is 0 Å². The number of nitrogens with zero attached hydrogens (tertiary/aromatic N) is 9. The van der Waals surface area contributed by atoms with Crippen LogP contribution in [0.5, 0.6) is 28.7 Å². The number of piperidine rings is 1. The zero-order valence-corrected chi connectivity index (χ0v) is 64.0. The van der Waals surface area contributed by atoms with Crippen molar-refractivity contribution in [3.63, 3.8) is 0 Å². The summed E-state index contributed by atoms with van der Waals surface area (Å²) in [6.45, 7) is 17.2. The first-order valence-electron chi connectivity index (χ1n) is 34.4. The van der Waals surface area contributed by atoms with Crippen molar-refractivity contribution < 1.29 is 47.2 Å². The summed E-state index contributed by atoms with van der Waals surface area (Å²) in [5.74, 6) is 2.75. The first-order chi connectivity index (χ1) is 49.2. The van der Waals surface area contributed by atoms with Crippen LogP contribution in [0.15, 0.2) is 124 Å². The van der Waals surface area contributed by atoms with E-state index in [1.165, 1.54) is 70.0 Å². The van der Waals surface area contributed by atoms with E-state index in [9.17, 15) is 28.2 Å². The molecule has 7 heterocycles. The topological polar surface area (TPSA) is 274 Å². The van der Waals surface area contributed by atoms with Crippen LogP contribution in [-0.2, 0) is 37.0 Å². The van der Waals surface area contributed by atoms with Gasteiger partial charge in [0.25, 0.3) is 0 Å². The van der Waals surface area contributed by atoms with Gasteiger partial charge in [0.1, 0.15) is 29.3 Å². The Labute approximate surface area is 614 Å². The number of sulfone groups is 1. The maximum absolute atomic E-state index is 12.7. The molecule has 1 aliphatic carbocycles. The third-order valence-electron chi connectivity index (χ3n) is 18.0. The predicted molar refractivity (Wildman–Crippen MR) is 410 cm³/mol. The Balaban J connectivity index is 0.000000160. The van der Waals surface area contributed by atoms with Gasteiger partial charge < -0.3 is 49.6 Å². The van der Waals surface area contributed by atoms with Gasteiger partial charge in [0.2, 0.25) is 26.0 Å². The van der Waals surface area contributed by atoms with Crippen molar-refractivity contribution in [1.82, 2.24) is 44.6 Å². The average molecular weight is 1480 g/mol. The van der Waals surface area contributed by atoms with Crippen LogP contribution in [0.2, 0.25) is 0 Å². The van der Waals surface area contributed by atoms with E-state index in [1.807, 2.05) is 111 Å². The van der Waals surface area contributed by atoms with Crippen molar-refractivity contribution in [2.75, 3.05) is 69.4 Å². The van der Waals surface area contributed by atoms with Crippen molar-refractivity contribution >= 4 is 82.5 Å². The molecule has 3 unspecified atom stereocenters. The monoisotopic (exact) mass is 1480 g/mol. The number of rotatable bonds is 25. The lowest BCUT2D eigenvalue weighted by Crippen LogP contribution is -2.46. The highest BCUT2D eigenvalue weighted by molar-refractivity contribution is 7.94. The number of hydrogen-bond donors (Lipinski definition) is 5. The predicted octanol–water partition coefficient (Wildman–Crippen LogP) is 16.1. The van der Waals surface area contributed by atoms with Gasteiger partial charge in [-0.25, -0.2) is 33.5 Å². The van der Waals surface area contributed by atoms with Crippen LogP contribution >= 0.6 is 45.3 Å². The maximum atomic E-state index is 12.7. The number of amides is 1. The Morgan fingerprint density at radius 3 is 2.12 bits per heavy atom. The van der Waals surface area contributed by atoms with E-state index in [4.69, 9.17) is 28.9 Å². The molecule has 2 aliphatic rings. The number of hydrogen-bond acceptors (Lipinski definition) is 23. The molecule has 22 nitrogen and oxygen atoms in total. The Morgan fingerprint density at radius 1 is 0.735 bits per heavy atom. The Bertz CT molecular complexity index is 4390. The van der Waals surface area contributed by atoms with Crippen molar-refractivity contribution in [3.05, 3.63) is 141 Å². The van der Waals surface area contributed by atoms with Crippen molar-refractivity contribution in [1.29, 1.82) is 0 Å². The number of anilines is 3. The molecule has 27 heteroatoms. The van der Waals surface area contributed by atoms with Crippen LogP contribution in [0, 0.1) is 19.8 Å². The molecule has 1 aliphatic heterocycles. The number of methoxy groups -OCH3 is 4. The van der Waals surface area contributed by atoms with Gasteiger partial charge >= 0.3 is 5.97 Å². The van der Waals surface area contributed by atoms with Crippen LogP contribution in [0.3, 0.4) is 0 Å². The normalized spacial score (nSPS) is 14.3. The fourth-order valence-electron chi connectivity index (χ4n) is 12.2. The molecule has 0 bridgehead atoms. The number of aromatic hydroxyl groups is 2. The number of aromatic nitrogens is 8. The highest BCUT2D eigenvalue weighted by atomic mass is 32.2. The van der Waals surface area contributed by atoms with E-state index in [1.54, 1.807) is 77.8 Å². The number of H-pyrrole nitrogens is 1. The fourth-order valence-corrected chi connectivity index (χ4v) is 17.1. The van der Waals surface area contributed by atoms with Gasteiger partial charge in [-0.2, -0.15) is 10.1 Å². The van der Waals surface area contributed by atoms with Crippen molar-refractivity contribution in [2.24, 2.45) is 5.92 Å². The number of aromatic amines is 1. The summed E-state index contributed by atoms with van der Waals surface area (Å²) in [6.07, 6.45) is 13.7. The number of esters is 1. The van der Waals surface area contributed by atoms with Crippen molar-refractivity contribution in [2.45, 2.75) is 148 Å². The molecule has 1 saturated carbocycles. The first-order valence-corrected chi connectivity index (χ1v) is 39.5. The second kappa shape index (κ2) is 37.3. The molecule has 1 saturated heterocycles. The standard InChI is InChI=1S/C21H24N6O2S.C20H26N2O3S.C19H26N2O3S2.C15H18N2O2S/c1-13-9-16(14(2)27(13)20-23-12-24-26-20)17-11-30-21(25-17)22-8-7-15-5-6-18(28-3)19(10-15)29-4;1-24-16-10-8-14(9-11-16)19-17(12-13-18(23)25-2)26-20(22-19)21-15-6-4-3-5-7-15;1-5-14(3)21(15(4)6-2)18(22)13-26(23,24)19-20-17(12-25-19)16-10-8-7-9-11-16;1-10-3-2-6-17(8-10)15-16-13(9-20-15)12-5-4-11(18)7-14(12)19/h5-6,9-12H,7-8H2,1-4H3,(H,22,25)(H,23,24,26);8-11,15H,3-7,12-13H2,1-2H3,(H,21,22);7-12,14-15H,5-6,13H2,1-4H3;4-5,7,9-10,18-19H,2-3,6,8H2,1H3. The summed E-state index contributed by atoms with van der Waals surface area (Å²) in [7, 11) is 2.62. The van der Waals surface area contributed by atoms with Crippen LogP contribution in [0.25, 0.3) is 51.0 Å².